The quantitative estimate of drug-likeness (QED) is 0.181. The third-order valence-electron chi connectivity index (χ3n) is 10.5. The number of thiophene rings is 1. The third kappa shape index (κ3) is 5.06. The van der Waals surface area contributed by atoms with Crippen LogP contribution in [-0.2, 0) is 5.41 Å². The molecule has 7 aromatic carbocycles. The maximum atomic E-state index is 5.14. The minimum atomic E-state index is -0.0992. The molecule has 2 aromatic heterocycles. The van der Waals surface area contributed by atoms with Gasteiger partial charge in [-0.1, -0.05) is 141 Å². The summed E-state index contributed by atoms with van der Waals surface area (Å²) in [4.78, 5) is 15.2. The number of nitrogens with zero attached hydrogens (tertiary/aromatic N) is 3. The maximum absolute atomic E-state index is 5.14. The van der Waals surface area contributed by atoms with E-state index in [0.717, 1.165) is 33.4 Å². The Morgan fingerprint density at radius 3 is 1.60 bits per heavy atom. The second-order valence-corrected chi connectivity index (χ2v) is 15.2. The molecule has 0 aliphatic heterocycles. The Bertz CT molecular complexity index is 2760. The highest BCUT2D eigenvalue weighted by Crippen LogP contribution is 2.50. The summed E-state index contributed by atoms with van der Waals surface area (Å²) in [5, 5.41) is 2.59. The molecule has 10 rings (SSSR count). The maximum Gasteiger partial charge on any atom is 0.164 e. The second kappa shape index (κ2) is 11.9. The van der Waals surface area contributed by atoms with Gasteiger partial charge in [0.05, 0.1) is 0 Å². The Balaban J connectivity index is 1.19. The number of hydrogen-bond acceptors (Lipinski definition) is 4. The zero-order valence-corrected chi connectivity index (χ0v) is 29.7. The van der Waals surface area contributed by atoms with Gasteiger partial charge in [-0.15, -0.1) is 11.3 Å². The lowest BCUT2D eigenvalue weighted by molar-refractivity contribution is 0.660. The highest BCUT2D eigenvalue weighted by molar-refractivity contribution is 7.25. The first-order chi connectivity index (χ1) is 25.5. The Kier molecular flexibility index (Phi) is 7.02. The van der Waals surface area contributed by atoms with Crippen LogP contribution in [0.2, 0.25) is 0 Å². The zero-order valence-electron chi connectivity index (χ0n) is 28.8. The third-order valence-corrected chi connectivity index (χ3v) is 11.7. The zero-order chi connectivity index (χ0) is 34.8. The van der Waals surface area contributed by atoms with Crippen molar-refractivity contribution in [1.29, 1.82) is 0 Å². The van der Waals surface area contributed by atoms with Gasteiger partial charge in [0.25, 0.3) is 0 Å². The van der Waals surface area contributed by atoms with Crippen molar-refractivity contribution in [2.75, 3.05) is 0 Å². The van der Waals surface area contributed by atoms with Gasteiger partial charge in [0.15, 0.2) is 17.5 Å². The fourth-order valence-corrected chi connectivity index (χ4v) is 8.96. The van der Waals surface area contributed by atoms with Gasteiger partial charge < -0.3 is 0 Å². The van der Waals surface area contributed by atoms with Crippen LogP contribution >= 0.6 is 11.3 Å². The minimum Gasteiger partial charge on any atom is -0.208 e. The van der Waals surface area contributed by atoms with Crippen LogP contribution < -0.4 is 0 Å². The van der Waals surface area contributed by atoms with Crippen molar-refractivity contribution < 1.29 is 0 Å². The van der Waals surface area contributed by atoms with Crippen molar-refractivity contribution in [1.82, 2.24) is 15.0 Å². The lowest BCUT2D eigenvalue weighted by Gasteiger charge is -2.22. The summed E-state index contributed by atoms with van der Waals surface area (Å²) in [5.41, 5.74) is 12.7. The smallest absolute Gasteiger partial charge is 0.164 e. The monoisotopic (exact) mass is 683 g/mol. The van der Waals surface area contributed by atoms with E-state index in [1.807, 2.05) is 47.7 Å². The van der Waals surface area contributed by atoms with Crippen LogP contribution in [0.5, 0.6) is 0 Å². The Morgan fingerprint density at radius 1 is 0.365 bits per heavy atom. The van der Waals surface area contributed by atoms with Crippen LogP contribution in [-0.4, -0.2) is 15.0 Å². The molecule has 1 aliphatic rings. The van der Waals surface area contributed by atoms with Crippen LogP contribution in [0, 0.1) is 0 Å². The Hall–Kier alpha value is -6.23. The average molecular weight is 684 g/mol. The summed E-state index contributed by atoms with van der Waals surface area (Å²) in [5.74, 6) is 1.95. The van der Waals surface area contributed by atoms with Gasteiger partial charge >= 0.3 is 0 Å². The van der Waals surface area contributed by atoms with Crippen LogP contribution in [0.15, 0.2) is 164 Å². The molecule has 9 aromatic rings. The fraction of sp³-hybridized carbons (Fsp3) is 0.0625. The highest BCUT2D eigenvalue weighted by atomic mass is 32.1. The van der Waals surface area contributed by atoms with E-state index in [2.05, 4.69) is 141 Å². The van der Waals surface area contributed by atoms with E-state index in [1.165, 1.54) is 48.0 Å². The molecule has 0 radical (unpaired) electrons. The summed E-state index contributed by atoms with van der Waals surface area (Å²) >= 11 is 1.85. The van der Waals surface area contributed by atoms with E-state index < -0.39 is 0 Å². The highest BCUT2D eigenvalue weighted by Gasteiger charge is 2.35. The summed E-state index contributed by atoms with van der Waals surface area (Å²) < 4.78 is 2.58. The van der Waals surface area contributed by atoms with Crippen molar-refractivity contribution in [2.24, 2.45) is 0 Å². The van der Waals surface area contributed by atoms with Crippen molar-refractivity contribution in [3.63, 3.8) is 0 Å². The molecule has 1 aliphatic carbocycles. The molecular weight excluding hydrogens is 651 g/mol. The first-order valence-electron chi connectivity index (χ1n) is 17.7. The van der Waals surface area contributed by atoms with E-state index in [4.69, 9.17) is 15.0 Å². The number of hydrogen-bond donors (Lipinski definition) is 0. The van der Waals surface area contributed by atoms with Gasteiger partial charge in [0.2, 0.25) is 0 Å². The van der Waals surface area contributed by atoms with Crippen LogP contribution in [0.4, 0.5) is 0 Å². The largest absolute Gasteiger partial charge is 0.208 e. The predicted octanol–water partition coefficient (Wildman–Crippen LogP) is 12.9. The van der Waals surface area contributed by atoms with Crippen molar-refractivity contribution in [3.8, 4) is 67.5 Å². The molecule has 0 unspecified atom stereocenters. The van der Waals surface area contributed by atoms with Crippen molar-refractivity contribution >= 4 is 31.5 Å². The molecule has 0 fully saturated rings. The predicted molar refractivity (Wildman–Crippen MR) is 217 cm³/mol. The molecule has 0 atom stereocenters. The Morgan fingerprint density at radius 2 is 0.885 bits per heavy atom. The van der Waals surface area contributed by atoms with Crippen molar-refractivity contribution in [3.05, 3.63) is 175 Å². The first-order valence-corrected chi connectivity index (χ1v) is 18.5. The molecule has 246 valence electrons. The lowest BCUT2D eigenvalue weighted by Crippen LogP contribution is -2.14. The summed E-state index contributed by atoms with van der Waals surface area (Å²) in [6, 6.07) is 58.5. The molecule has 4 heteroatoms. The van der Waals surface area contributed by atoms with Gasteiger partial charge in [0, 0.05) is 42.3 Å². The van der Waals surface area contributed by atoms with Crippen LogP contribution in [0.3, 0.4) is 0 Å². The number of rotatable bonds is 5. The first kappa shape index (κ1) is 30.6. The molecule has 0 saturated carbocycles. The molecule has 2 heterocycles. The van der Waals surface area contributed by atoms with Gasteiger partial charge in [-0.05, 0) is 80.9 Å². The molecule has 3 nitrogen and oxygen atoms in total. The fourth-order valence-electron chi connectivity index (χ4n) is 7.82. The topological polar surface area (TPSA) is 38.7 Å². The number of benzene rings is 7. The van der Waals surface area contributed by atoms with Gasteiger partial charge in [-0.3, -0.25) is 0 Å². The van der Waals surface area contributed by atoms with Gasteiger partial charge in [-0.2, -0.15) is 0 Å². The molecular formula is C48H33N3S. The molecule has 0 bridgehead atoms. The van der Waals surface area contributed by atoms with E-state index in [1.54, 1.807) is 0 Å². The van der Waals surface area contributed by atoms with Crippen LogP contribution in [0.25, 0.3) is 87.7 Å². The second-order valence-electron chi connectivity index (χ2n) is 14.1. The summed E-state index contributed by atoms with van der Waals surface area (Å²) in [6.45, 7) is 4.68. The van der Waals surface area contributed by atoms with Gasteiger partial charge in [0.1, 0.15) is 0 Å². The van der Waals surface area contributed by atoms with E-state index >= 15 is 0 Å². The average Bonchev–Trinajstić information content (AvgIpc) is 3.69. The normalized spacial score (nSPS) is 13.0. The number of aromatic nitrogens is 3. The number of fused-ring (bicyclic) bond motifs is 6. The molecule has 52 heavy (non-hydrogen) atoms. The molecule has 0 saturated heterocycles. The molecule has 0 spiro atoms. The SMILES string of the molecule is CC1(C)c2ccccc2-c2ccc(-c3cc(-c4ccc5c(c4)sc4ccccc45)cc(-c4nc(-c5ccccc5)nc(-c5ccccc5)n4)c3)cc21. The van der Waals surface area contributed by atoms with E-state index in [0.29, 0.717) is 17.5 Å². The van der Waals surface area contributed by atoms with Gasteiger partial charge in [-0.25, -0.2) is 15.0 Å². The standard InChI is InChI=1S/C48H33N3S/c1-48(2)41-19-11-9-17-37(41)38-23-21-32(28-42(38)48)34-25-35(33-22-24-40-39-18-10-12-20-43(39)52-44(40)29-33)27-36(26-34)47-50-45(30-13-5-3-6-14-30)49-46(51-47)31-15-7-4-8-16-31/h3-29H,1-2H3. The van der Waals surface area contributed by atoms with Crippen molar-refractivity contribution in [2.45, 2.75) is 19.3 Å². The van der Waals surface area contributed by atoms with E-state index in [9.17, 15) is 0 Å². The lowest BCUT2D eigenvalue weighted by atomic mass is 9.81. The molecule has 0 N–H and O–H groups in total. The molecule has 0 amide bonds. The Labute approximate surface area is 307 Å². The summed E-state index contributed by atoms with van der Waals surface area (Å²) in [6.07, 6.45) is 0. The van der Waals surface area contributed by atoms with Crippen LogP contribution in [0.1, 0.15) is 25.0 Å². The minimum absolute atomic E-state index is 0.0992. The summed E-state index contributed by atoms with van der Waals surface area (Å²) in [7, 11) is 0. The van der Waals surface area contributed by atoms with E-state index in [-0.39, 0.29) is 5.41 Å².